The van der Waals surface area contributed by atoms with Crippen molar-refractivity contribution in [3.8, 4) is 11.8 Å². The average Bonchev–Trinajstić information content (AvgIpc) is 3.16. The zero-order valence-electron chi connectivity index (χ0n) is 20.7. The second-order valence-electron chi connectivity index (χ2n) is 9.02. The van der Waals surface area contributed by atoms with Gasteiger partial charge in [-0.3, -0.25) is 4.79 Å². The monoisotopic (exact) mass is 498 g/mol. The SMILES string of the molecule is COc1ccc(C(=O)N(CCN(C)C)Cc2ccc(C#N)cc2)cc1S(=O)(=O)N1CCCCCC1. The molecular weight excluding hydrogens is 464 g/mol. The molecule has 8 nitrogen and oxygen atoms in total. The highest BCUT2D eigenvalue weighted by Crippen LogP contribution is 2.30. The number of amides is 1. The van der Waals surface area contributed by atoms with E-state index in [2.05, 4.69) is 6.07 Å². The maximum absolute atomic E-state index is 13.6. The van der Waals surface area contributed by atoms with Crippen molar-refractivity contribution in [2.75, 3.05) is 47.4 Å². The van der Waals surface area contributed by atoms with Crippen LogP contribution in [0.3, 0.4) is 0 Å². The largest absolute Gasteiger partial charge is 0.495 e. The van der Waals surface area contributed by atoms with Crippen LogP contribution in [-0.4, -0.2) is 75.8 Å². The predicted molar refractivity (Wildman–Crippen MR) is 135 cm³/mol. The number of carbonyl (C=O) groups is 1. The maximum atomic E-state index is 13.6. The molecule has 0 aliphatic carbocycles. The Labute approximate surface area is 208 Å². The predicted octanol–water partition coefficient (Wildman–Crippen LogP) is 3.34. The summed E-state index contributed by atoms with van der Waals surface area (Å²) in [6.07, 6.45) is 3.67. The van der Waals surface area contributed by atoms with Gasteiger partial charge in [-0.1, -0.05) is 25.0 Å². The van der Waals surface area contributed by atoms with Crippen molar-refractivity contribution in [2.24, 2.45) is 0 Å². The summed E-state index contributed by atoms with van der Waals surface area (Å²) in [7, 11) is 1.50. The van der Waals surface area contributed by atoms with E-state index in [-0.39, 0.29) is 16.6 Å². The molecule has 0 spiro atoms. The van der Waals surface area contributed by atoms with Crippen LogP contribution in [0.2, 0.25) is 0 Å². The summed E-state index contributed by atoms with van der Waals surface area (Å²) >= 11 is 0. The lowest BCUT2D eigenvalue weighted by Gasteiger charge is -2.26. The number of rotatable bonds is 9. The van der Waals surface area contributed by atoms with Crippen LogP contribution in [0.5, 0.6) is 5.75 Å². The van der Waals surface area contributed by atoms with Gasteiger partial charge in [-0.05, 0) is 62.8 Å². The Morgan fingerprint density at radius 1 is 1.03 bits per heavy atom. The van der Waals surface area contributed by atoms with E-state index in [1.807, 2.05) is 31.1 Å². The van der Waals surface area contributed by atoms with Crippen LogP contribution < -0.4 is 4.74 Å². The Morgan fingerprint density at radius 2 is 1.69 bits per heavy atom. The van der Waals surface area contributed by atoms with E-state index in [4.69, 9.17) is 10.00 Å². The molecule has 1 aliphatic heterocycles. The minimum absolute atomic E-state index is 0.0266. The van der Waals surface area contributed by atoms with Crippen molar-refractivity contribution in [1.29, 1.82) is 5.26 Å². The van der Waals surface area contributed by atoms with Crippen molar-refractivity contribution in [3.63, 3.8) is 0 Å². The van der Waals surface area contributed by atoms with Gasteiger partial charge >= 0.3 is 0 Å². The fourth-order valence-electron chi connectivity index (χ4n) is 4.09. The molecule has 1 saturated heterocycles. The second kappa shape index (κ2) is 12.2. The van der Waals surface area contributed by atoms with Gasteiger partial charge in [-0.25, -0.2) is 8.42 Å². The quantitative estimate of drug-likeness (QED) is 0.526. The first-order valence-corrected chi connectivity index (χ1v) is 13.3. The van der Waals surface area contributed by atoms with Crippen molar-refractivity contribution in [2.45, 2.75) is 37.1 Å². The Hall–Kier alpha value is -2.93. The van der Waals surface area contributed by atoms with Crippen LogP contribution >= 0.6 is 0 Å². The van der Waals surface area contributed by atoms with Crippen LogP contribution in [-0.2, 0) is 16.6 Å². The van der Waals surface area contributed by atoms with Crippen molar-refractivity contribution in [1.82, 2.24) is 14.1 Å². The minimum Gasteiger partial charge on any atom is -0.495 e. The smallest absolute Gasteiger partial charge is 0.254 e. The molecule has 0 unspecified atom stereocenters. The summed E-state index contributed by atoms with van der Waals surface area (Å²) in [5.74, 6) is -0.0242. The van der Waals surface area contributed by atoms with E-state index < -0.39 is 10.0 Å². The third kappa shape index (κ3) is 6.82. The van der Waals surface area contributed by atoms with Crippen LogP contribution in [0.4, 0.5) is 0 Å². The summed E-state index contributed by atoms with van der Waals surface area (Å²) in [6, 6.07) is 13.8. The molecule has 9 heteroatoms. The van der Waals surface area contributed by atoms with Gasteiger partial charge in [0, 0.05) is 38.3 Å². The topological polar surface area (TPSA) is 94.0 Å². The van der Waals surface area contributed by atoms with Gasteiger partial charge in [0.05, 0.1) is 18.7 Å². The van der Waals surface area contributed by atoms with E-state index in [1.54, 1.807) is 29.2 Å². The zero-order valence-corrected chi connectivity index (χ0v) is 21.6. The first-order valence-electron chi connectivity index (χ1n) is 11.9. The molecule has 3 rings (SSSR count). The van der Waals surface area contributed by atoms with Crippen LogP contribution in [0.1, 0.15) is 47.2 Å². The number of benzene rings is 2. The number of nitrogens with zero attached hydrogens (tertiary/aromatic N) is 4. The highest BCUT2D eigenvalue weighted by molar-refractivity contribution is 7.89. The van der Waals surface area contributed by atoms with E-state index in [1.165, 1.54) is 17.5 Å². The molecule has 1 aliphatic rings. The van der Waals surface area contributed by atoms with Gasteiger partial charge < -0.3 is 14.5 Å². The Bertz CT molecular complexity index is 1150. The molecule has 35 heavy (non-hydrogen) atoms. The van der Waals surface area contributed by atoms with E-state index in [0.717, 1.165) is 31.2 Å². The molecule has 0 saturated carbocycles. The number of methoxy groups -OCH3 is 1. The minimum atomic E-state index is -3.80. The number of sulfonamides is 1. The van der Waals surface area contributed by atoms with Gasteiger partial charge in [-0.15, -0.1) is 0 Å². The lowest BCUT2D eigenvalue weighted by Crippen LogP contribution is -2.36. The highest BCUT2D eigenvalue weighted by Gasteiger charge is 2.30. The van der Waals surface area contributed by atoms with Gasteiger partial charge in [0.2, 0.25) is 10.0 Å². The first kappa shape index (κ1) is 26.7. The molecule has 2 aromatic rings. The fraction of sp³-hybridized carbons (Fsp3) is 0.462. The van der Waals surface area contributed by atoms with Gasteiger partial charge in [0.1, 0.15) is 10.6 Å². The van der Waals surface area contributed by atoms with Crippen molar-refractivity contribution >= 4 is 15.9 Å². The molecule has 0 bridgehead atoms. The molecule has 1 amide bonds. The van der Waals surface area contributed by atoms with Gasteiger partial charge in [-0.2, -0.15) is 9.57 Å². The van der Waals surface area contributed by atoms with E-state index in [9.17, 15) is 13.2 Å². The Balaban J connectivity index is 1.93. The number of likely N-dealkylation sites (N-methyl/N-ethyl adjacent to an activating group) is 1. The molecule has 2 aromatic carbocycles. The summed E-state index contributed by atoms with van der Waals surface area (Å²) < 4.78 is 33.9. The van der Waals surface area contributed by atoms with Crippen LogP contribution in [0, 0.1) is 11.3 Å². The summed E-state index contributed by atoms with van der Waals surface area (Å²) in [5.41, 5.74) is 1.74. The zero-order chi connectivity index (χ0) is 25.4. The molecule has 0 radical (unpaired) electrons. The van der Waals surface area contributed by atoms with Gasteiger partial charge in [0.25, 0.3) is 5.91 Å². The lowest BCUT2D eigenvalue weighted by molar-refractivity contribution is 0.0731. The second-order valence-corrected chi connectivity index (χ2v) is 10.9. The summed E-state index contributed by atoms with van der Waals surface area (Å²) in [5, 5.41) is 9.05. The summed E-state index contributed by atoms with van der Waals surface area (Å²) in [6.45, 7) is 2.40. The van der Waals surface area contributed by atoms with E-state index >= 15 is 0 Å². The number of hydrogen-bond acceptors (Lipinski definition) is 6. The summed E-state index contributed by atoms with van der Waals surface area (Å²) in [4.78, 5) is 17.3. The van der Waals surface area contributed by atoms with Gasteiger partial charge in [0.15, 0.2) is 0 Å². The number of hydrogen-bond donors (Lipinski definition) is 0. The molecule has 1 fully saturated rings. The van der Waals surface area contributed by atoms with E-state index in [0.29, 0.717) is 43.9 Å². The van der Waals surface area contributed by atoms with Crippen LogP contribution in [0.15, 0.2) is 47.4 Å². The normalized spacial score (nSPS) is 14.8. The average molecular weight is 499 g/mol. The van der Waals surface area contributed by atoms with Crippen molar-refractivity contribution in [3.05, 3.63) is 59.2 Å². The number of carbonyl (C=O) groups excluding carboxylic acids is 1. The number of ether oxygens (including phenoxy) is 1. The maximum Gasteiger partial charge on any atom is 0.254 e. The molecule has 188 valence electrons. The fourth-order valence-corrected chi connectivity index (χ4v) is 5.79. The van der Waals surface area contributed by atoms with Crippen LogP contribution in [0.25, 0.3) is 0 Å². The first-order chi connectivity index (χ1) is 16.8. The van der Waals surface area contributed by atoms with Crippen molar-refractivity contribution < 1.29 is 17.9 Å². The number of nitriles is 1. The third-order valence-corrected chi connectivity index (χ3v) is 8.07. The molecular formula is C26H34N4O4S. The Kier molecular flexibility index (Phi) is 9.26. The lowest BCUT2D eigenvalue weighted by atomic mass is 10.1. The molecule has 0 N–H and O–H groups in total. The highest BCUT2D eigenvalue weighted by atomic mass is 32.2. The third-order valence-electron chi connectivity index (χ3n) is 6.15. The Morgan fingerprint density at radius 3 is 2.26 bits per heavy atom. The molecule has 0 atom stereocenters. The standard InChI is InChI=1S/C26H34N4O4S/c1-28(2)16-17-29(20-22-10-8-21(19-27)9-11-22)26(31)23-12-13-24(34-3)25(18-23)35(32,33)30-14-6-4-5-7-15-30/h8-13,18H,4-7,14-17,20H2,1-3H3. The molecule has 0 aromatic heterocycles. The molecule has 1 heterocycles.